The number of carboxylic acid groups (broad SMARTS) is 1. The van der Waals surface area contributed by atoms with E-state index in [1.165, 1.54) is 0 Å². The van der Waals surface area contributed by atoms with Crippen molar-refractivity contribution in [1.82, 2.24) is 5.39 Å². The van der Waals surface area contributed by atoms with Crippen LogP contribution >= 0.6 is 0 Å². The molecule has 0 saturated heterocycles. The van der Waals surface area contributed by atoms with Crippen LogP contribution in [0.15, 0.2) is 0 Å². The second-order valence-electron chi connectivity index (χ2n) is 2.78. The van der Waals surface area contributed by atoms with Crippen molar-refractivity contribution in [3.05, 3.63) is 0 Å². The largest absolute Gasteiger partial charge is 0.505 e. The number of hydrogen-bond donors (Lipinski definition) is 3. The Bertz CT molecular complexity index is 162. The van der Waals surface area contributed by atoms with Crippen LogP contribution in [0.2, 0.25) is 0 Å². The molecule has 0 fully saturated rings. The van der Waals surface area contributed by atoms with Gasteiger partial charge in [0.1, 0.15) is 0 Å². The van der Waals surface area contributed by atoms with Gasteiger partial charge in [-0.3, -0.25) is 10.4 Å². The Labute approximate surface area is 81.3 Å². The fourth-order valence-corrected chi connectivity index (χ4v) is 0.907. The van der Waals surface area contributed by atoms with E-state index in [1.807, 2.05) is 0 Å². The van der Waals surface area contributed by atoms with E-state index in [0.29, 0.717) is 19.3 Å². The molecule has 0 aromatic heterocycles. The van der Waals surface area contributed by atoms with Crippen LogP contribution in [-0.4, -0.2) is 39.8 Å². The summed E-state index contributed by atoms with van der Waals surface area (Å²) in [6.07, 6.45) is 0.223. The van der Waals surface area contributed by atoms with E-state index >= 15 is 0 Å². The second kappa shape index (κ2) is 7.51. The van der Waals surface area contributed by atoms with Crippen LogP contribution in [0.25, 0.3) is 0 Å². The van der Waals surface area contributed by atoms with E-state index in [9.17, 15) is 4.79 Å². The van der Waals surface area contributed by atoms with Gasteiger partial charge in [0.15, 0.2) is 0 Å². The summed E-state index contributed by atoms with van der Waals surface area (Å²) in [6, 6.07) is 0. The van der Waals surface area contributed by atoms with E-state index in [0.717, 1.165) is 0 Å². The molecular formula is C7H15NO6. The third-order valence-electron chi connectivity index (χ3n) is 1.50. The van der Waals surface area contributed by atoms with Crippen molar-refractivity contribution in [2.24, 2.45) is 0 Å². The SMILES string of the molecule is C[C@H](CCCCOC(=O)O)ON(O)O. The van der Waals surface area contributed by atoms with E-state index in [2.05, 4.69) is 9.57 Å². The number of ether oxygens (including phenoxy) is 1. The van der Waals surface area contributed by atoms with Crippen molar-refractivity contribution in [3.63, 3.8) is 0 Å². The normalized spacial score (nSPS) is 12.9. The molecule has 7 heteroatoms. The Balaban J connectivity index is 3.23. The summed E-state index contributed by atoms with van der Waals surface area (Å²) in [7, 11) is 0. The average molecular weight is 209 g/mol. The molecule has 0 rings (SSSR count). The molecule has 7 nitrogen and oxygen atoms in total. The maximum Gasteiger partial charge on any atom is 0.505 e. The third-order valence-corrected chi connectivity index (χ3v) is 1.50. The lowest BCUT2D eigenvalue weighted by Crippen LogP contribution is -2.21. The Kier molecular flexibility index (Phi) is 7.03. The van der Waals surface area contributed by atoms with Crippen LogP contribution < -0.4 is 0 Å². The van der Waals surface area contributed by atoms with E-state index in [1.54, 1.807) is 6.92 Å². The number of carbonyl (C=O) groups is 1. The van der Waals surface area contributed by atoms with Crippen LogP contribution in [0.3, 0.4) is 0 Å². The van der Waals surface area contributed by atoms with Crippen LogP contribution in [0.5, 0.6) is 0 Å². The zero-order chi connectivity index (χ0) is 11.0. The van der Waals surface area contributed by atoms with Crippen LogP contribution in [0.1, 0.15) is 26.2 Å². The van der Waals surface area contributed by atoms with E-state index in [-0.39, 0.29) is 18.1 Å². The minimum atomic E-state index is -1.29. The molecule has 0 aliphatic carbocycles. The number of rotatable bonds is 7. The van der Waals surface area contributed by atoms with Crippen molar-refractivity contribution in [2.45, 2.75) is 32.3 Å². The minimum absolute atomic E-state index is 0.143. The summed E-state index contributed by atoms with van der Waals surface area (Å²) in [5, 5.41) is 24.3. The molecule has 0 aromatic carbocycles. The summed E-state index contributed by atoms with van der Waals surface area (Å²) in [4.78, 5) is 14.4. The first-order valence-electron chi connectivity index (χ1n) is 4.22. The van der Waals surface area contributed by atoms with Crippen LogP contribution in [0.4, 0.5) is 4.79 Å². The number of hydrogen-bond acceptors (Lipinski definition) is 6. The first-order chi connectivity index (χ1) is 6.52. The highest BCUT2D eigenvalue weighted by Gasteiger charge is 2.05. The predicted molar refractivity (Wildman–Crippen MR) is 43.8 cm³/mol. The Hall–Kier alpha value is -0.890. The summed E-state index contributed by atoms with van der Waals surface area (Å²) in [5.74, 6) is 0. The van der Waals surface area contributed by atoms with Crippen LogP contribution in [0, 0.1) is 0 Å². The summed E-state index contributed by atoms with van der Waals surface area (Å²) < 4.78 is 4.27. The zero-order valence-electron chi connectivity index (χ0n) is 7.92. The molecule has 14 heavy (non-hydrogen) atoms. The summed E-state index contributed by atoms with van der Waals surface area (Å²) >= 11 is 0. The van der Waals surface area contributed by atoms with Crippen LogP contribution in [-0.2, 0) is 9.57 Å². The van der Waals surface area contributed by atoms with Gasteiger partial charge in [-0.25, -0.2) is 9.63 Å². The lowest BCUT2D eigenvalue weighted by molar-refractivity contribution is -0.503. The predicted octanol–water partition coefficient (Wildman–Crippen LogP) is 1.25. The molecule has 0 amide bonds. The molecule has 0 aliphatic rings. The Morgan fingerprint density at radius 1 is 1.43 bits per heavy atom. The van der Waals surface area contributed by atoms with E-state index in [4.69, 9.17) is 15.5 Å². The monoisotopic (exact) mass is 209 g/mol. The van der Waals surface area contributed by atoms with Crippen molar-refractivity contribution in [2.75, 3.05) is 6.61 Å². The molecule has 0 aromatic rings. The molecule has 0 unspecified atom stereocenters. The van der Waals surface area contributed by atoms with Gasteiger partial charge in [-0.05, 0) is 26.2 Å². The van der Waals surface area contributed by atoms with Crippen molar-refractivity contribution >= 4 is 6.16 Å². The highest BCUT2D eigenvalue weighted by Crippen LogP contribution is 2.04. The molecule has 0 saturated carbocycles. The zero-order valence-corrected chi connectivity index (χ0v) is 7.92. The van der Waals surface area contributed by atoms with Crippen molar-refractivity contribution < 1.29 is 29.9 Å². The highest BCUT2D eigenvalue weighted by molar-refractivity contribution is 5.56. The fourth-order valence-electron chi connectivity index (χ4n) is 0.907. The maximum atomic E-state index is 9.92. The van der Waals surface area contributed by atoms with Crippen molar-refractivity contribution in [1.29, 1.82) is 0 Å². The smallest absolute Gasteiger partial charge is 0.450 e. The third kappa shape index (κ3) is 9.20. The molecule has 3 N–H and O–H groups in total. The Morgan fingerprint density at radius 2 is 2.07 bits per heavy atom. The van der Waals surface area contributed by atoms with Gasteiger partial charge in [0.05, 0.1) is 18.1 Å². The molecule has 0 aliphatic heterocycles. The van der Waals surface area contributed by atoms with Gasteiger partial charge in [0, 0.05) is 0 Å². The van der Waals surface area contributed by atoms with Gasteiger partial charge < -0.3 is 9.84 Å². The molecule has 84 valence electrons. The molecular weight excluding hydrogens is 194 g/mol. The summed E-state index contributed by atoms with van der Waals surface area (Å²) in [6.45, 7) is 1.81. The summed E-state index contributed by atoms with van der Waals surface area (Å²) in [5.41, 5.74) is 0. The van der Waals surface area contributed by atoms with Gasteiger partial charge in [-0.2, -0.15) is 0 Å². The van der Waals surface area contributed by atoms with Gasteiger partial charge in [0.25, 0.3) is 0 Å². The first kappa shape index (κ1) is 13.1. The number of unbranched alkanes of at least 4 members (excludes halogenated alkanes) is 1. The first-order valence-corrected chi connectivity index (χ1v) is 4.22. The van der Waals surface area contributed by atoms with Gasteiger partial charge in [-0.15, -0.1) is 0 Å². The minimum Gasteiger partial charge on any atom is -0.450 e. The van der Waals surface area contributed by atoms with E-state index < -0.39 is 6.16 Å². The van der Waals surface area contributed by atoms with Gasteiger partial charge in [0.2, 0.25) is 0 Å². The topological polar surface area (TPSA) is 99.5 Å². The highest BCUT2D eigenvalue weighted by atomic mass is 17.1. The molecule has 0 heterocycles. The van der Waals surface area contributed by atoms with Gasteiger partial charge >= 0.3 is 6.16 Å². The molecule has 0 spiro atoms. The lowest BCUT2D eigenvalue weighted by Gasteiger charge is -2.13. The van der Waals surface area contributed by atoms with Gasteiger partial charge in [-0.1, -0.05) is 0 Å². The number of nitrogens with zero attached hydrogens (tertiary/aromatic N) is 1. The molecule has 0 bridgehead atoms. The quantitative estimate of drug-likeness (QED) is 0.329. The van der Waals surface area contributed by atoms with Crippen molar-refractivity contribution in [3.8, 4) is 0 Å². The average Bonchev–Trinajstić information content (AvgIpc) is 2.01. The molecule has 0 radical (unpaired) electrons. The lowest BCUT2D eigenvalue weighted by atomic mass is 10.2. The molecule has 1 atom stereocenters. The maximum absolute atomic E-state index is 9.92. The standard InChI is InChI=1S/C7H15NO6/c1-6(14-8(11)12)4-2-3-5-13-7(9)10/h6,11-12H,2-5H2,1H3,(H,9,10)/t6-/m1/s1. The Morgan fingerprint density at radius 3 is 2.57 bits per heavy atom. The fraction of sp³-hybridized carbons (Fsp3) is 0.857. The second-order valence-corrected chi connectivity index (χ2v) is 2.78.